The lowest BCUT2D eigenvalue weighted by Gasteiger charge is -2.12. The van der Waals surface area contributed by atoms with Crippen molar-refractivity contribution in [1.29, 1.82) is 0 Å². The maximum absolute atomic E-state index is 12.9. The van der Waals surface area contributed by atoms with Gasteiger partial charge in [0.25, 0.3) is 0 Å². The van der Waals surface area contributed by atoms with Crippen molar-refractivity contribution in [2.45, 2.75) is 13.1 Å². The van der Waals surface area contributed by atoms with Gasteiger partial charge in [-0.15, -0.1) is 5.10 Å². The molecule has 0 radical (unpaired) electrons. The van der Waals surface area contributed by atoms with Crippen LogP contribution in [0, 0.1) is 6.92 Å². The number of aromatic nitrogens is 3. The van der Waals surface area contributed by atoms with Gasteiger partial charge in [-0.3, -0.25) is 5.10 Å². The third kappa shape index (κ3) is 3.33. The van der Waals surface area contributed by atoms with Gasteiger partial charge in [-0.25, -0.2) is 0 Å². The number of nitrogens with zero attached hydrogens (tertiary/aromatic N) is 2. The molecule has 0 aliphatic rings. The predicted molar refractivity (Wildman–Crippen MR) is 81.3 cm³/mol. The van der Waals surface area contributed by atoms with E-state index in [1.165, 1.54) is 13.0 Å². The fraction of sp³-hybridized carbons (Fsp3) is 0.125. The maximum Gasteiger partial charge on any atom is 0.416 e. The van der Waals surface area contributed by atoms with E-state index >= 15 is 0 Å². The average Bonchev–Trinajstić information content (AvgIpc) is 2.97. The number of nitrogens with one attached hydrogen (secondary N) is 2. The van der Waals surface area contributed by atoms with Gasteiger partial charge in [0.15, 0.2) is 5.82 Å². The van der Waals surface area contributed by atoms with E-state index < -0.39 is 11.7 Å². The normalized spacial score (nSPS) is 11.5. The summed E-state index contributed by atoms with van der Waals surface area (Å²) < 4.78 is 38.8. The Balaban J connectivity index is 1.85. The molecule has 23 heavy (non-hydrogen) atoms. The third-order valence-electron chi connectivity index (χ3n) is 3.33. The molecule has 0 aliphatic carbocycles. The Morgan fingerprint density at radius 3 is 2.48 bits per heavy atom. The number of anilines is 2. The number of benzene rings is 2. The molecule has 0 spiro atoms. The summed E-state index contributed by atoms with van der Waals surface area (Å²) in [5.41, 5.74) is 0.610. The molecule has 0 atom stereocenters. The maximum atomic E-state index is 12.9. The van der Waals surface area contributed by atoms with Crippen molar-refractivity contribution in [1.82, 2.24) is 15.2 Å². The highest BCUT2D eigenvalue weighted by Gasteiger charge is 2.32. The molecule has 0 aliphatic heterocycles. The van der Waals surface area contributed by atoms with Crippen LogP contribution in [0.4, 0.5) is 24.8 Å². The SMILES string of the molecule is Cc1ccc(Nc2n[nH]c(-c3ccccc3)n2)cc1C(F)(F)F. The Morgan fingerprint density at radius 2 is 1.78 bits per heavy atom. The molecular weight excluding hydrogens is 305 g/mol. The molecule has 0 unspecified atom stereocenters. The summed E-state index contributed by atoms with van der Waals surface area (Å²) in [4.78, 5) is 4.23. The average molecular weight is 318 g/mol. The summed E-state index contributed by atoms with van der Waals surface area (Å²) in [5, 5.41) is 9.51. The van der Waals surface area contributed by atoms with Crippen molar-refractivity contribution in [3.8, 4) is 11.4 Å². The van der Waals surface area contributed by atoms with Crippen LogP contribution in [-0.4, -0.2) is 15.2 Å². The van der Waals surface area contributed by atoms with Gasteiger partial charge in [0.05, 0.1) is 5.56 Å². The number of alkyl halides is 3. The lowest BCUT2D eigenvalue weighted by molar-refractivity contribution is -0.138. The van der Waals surface area contributed by atoms with Crippen molar-refractivity contribution in [3.05, 3.63) is 59.7 Å². The highest BCUT2D eigenvalue weighted by atomic mass is 19.4. The summed E-state index contributed by atoms with van der Waals surface area (Å²) in [6.07, 6.45) is -4.39. The first kappa shape index (κ1) is 15.1. The number of rotatable bonds is 3. The summed E-state index contributed by atoms with van der Waals surface area (Å²) in [6.45, 7) is 1.42. The summed E-state index contributed by atoms with van der Waals surface area (Å²) >= 11 is 0. The molecule has 3 aromatic rings. The van der Waals surface area contributed by atoms with Gasteiger partial charge in [-0.2, -0.15) is 18.2 Å². The zero-order valence-electron chi connectivity index (χ0n) is 12.1. The monoisotopic (exact) mass is 318 g/mol. The zero-order chi connectivity index (χ0) is 16.4. The smallest absolute Gasteiger partial charge is 0.323 e. The molecule has 4 nitrogen and oxygen atoms in total. The molecule has 1 aromatic heterocycles. The van der Waals surface area contributed by atoms with Crippen LogP contribution in [-0.2, 0) is 6.18 Å². The van der Waals surface area contributed by atoms with Crippen LogP contribution in [0.3, 0.4) is 0 Å². The second-order valence-corrected chi connectivity index (χ2v) is 5.03. The Kier molecular flexibility index (Phi) is 3.77. The zero-order valence-corrected chi connectivity index (χ0v) is 12.1. The van der Waals surface area contributed by atoms with Crippen molar-refractivity contribution in [2.75, 3.05) is 5.32 Å². The van der Waals surface area contributed by atoms with Gasteiger partial charge in [0, 0.05) is 11.3 Å². The minimum atomic E-state index is -4.39. The van der Waals surface area contributed by atoms with Crippen LogP contribution < -0.4 is 5.32 Å². The molecular formula is C16H13F3N4. The van der Waals surface area contributed by atoms with Gasteiger partial charge in [0.2, 0.25) is 5.95 Å². The van der Waals surface area contributed by atoms with Gasteiger partial charge in [-0.1, -0.05) is 36.4 Å². The molecule has 2 aromatic carbocycles. The Labute approximate surface area is 130 Å². The number of halogens is 3. The van der Waals surface area contributed by atoms with E-state index in [1.54, 1.807) is 6.07 Å². The lowest BCUT2D eigenvalue weighted by atomic mass is 10.1. The van der Waals surface area contributed by atoms with Crippen LogP contribution >= 0.6 is 0 Å². The molecule has 118 valence electrons. The molecule has 0 saturated carbocycles. The number of aromatic amines is 1. The Morgan fingerprint density at radius 1 is 1.04 bits per heavy atom. The molecule has 0 bridgehead atoms. The fourth-order valence-corrected chi connectivity index (χ4v) is 2.18. The van der Waals surface area contributed by atoms with E-state index in [0.717, 1.165) is 11.6 Å². The summed E-state index contributed by atoms with van der Waals surface area (Å²) in [6, 6.07) is 13.3. The van der Waals surface area contributed by atoms with Crippen LogP contribution in [0.15, 0.2) is 48.5 Å². The van der Waals surface area contributed by atoms with Crippen LogP contribution in [0.5, 0.6) is 0 Å². The Hall–Kier alpha value is -2.83. The highest BCUT2D eigenvalue weighted by molar-refractivity contribution is 5.60. The van der Waals surface area contributed by atoms with E-state index in [2.05, 4.69) is 20.5 Å². The van der Waals surface area contributed by atoms with Crippen LogP contribution in [0.2, 0.25) is 0 Å². The lowest BCUT2D eigenvalue weighted by Crippen LogP contribution is -2.08. The molecule has 1 heterocycles. The Bertz CT molecular complexity index is 810. The van der Waals surface area contributed by atoms with Crippen molar-refractivity contribution >= 4 is 11.6 Å². The number of H-pyrrole nitrogens is 1. The minimum absolute atomic E-state index is 0.169. The first-order valence-corrected chi connectivity index (χ1v) is 6.86. The molecule has 0 saturated heterocycles. The summed E-state index contributed by atoms with van der Waals surface area (Å²) in [5.74, 6) is 0.747. The minimum Gasteiger partial charge on any atom is -0.323 e. The first-order chi connectivity index (χ1) is 10.9. The highest BCUT2D eigenvalue weighted by Crippen LogP contribution is 2.33. The van der Waals surface area contributed by atoms with E-state index in [-0.39, 0.29) is 17.2 Å². The molecule has 3 rings (SSSR count). The van der Waals surface area contributed by atoms with E-state index in [9.17, 15) is 13.2 Å². The third-order valence-corrected chi connectivity index (χ3v) is 3.33. The van der Waals surface area contributed by atoms with Gasteiger partial charge in [-0.05, 0) is 24.6 Å². The van der Waals surface area contributed by atoms with E-state index in [4.69, 9.17) is 0 Å². The number of aryl methyl sites for hydroxylation is 1. The standard InChI is InChI=1S/C16H13F3N4/c1-10-7-8-12(9-13(10)16(17,18)19)20-15-21-14(22-23-15)11-5-3-2-4-6-11/h2-9H,1H3,(H2,20,21,22,23). The topological polar surface area (TPSA) is 53.6 Å². The number of hydrogen-bond donors (Lipinski definition) is 2. The summed E-state index contributed by atoms with van der Waals surface area (Å²) in [7, 11) is 0. The van der Waals surface area contributed by atoms with Crippen molar-refractivity contribution < 1.29 is 13.2 Å². The molecule has 0 amide bonds. The van der Waals surface area contributed by atoms with Crippen LogP contribution in [0.25, 0.3) is 11.4 Å². The van der Waals surface area contributed by atoms with Gasteiger partial charge in [0.1, 0.15) is 0 Å². The first-order valence-electron chi connectivity index (χ1n) is 6.86. The second kappa shape index (κ2) is 5.75. The van der Waals surface area contributed by atoms with E-state index in [0.29, 0.717) is 5.82 Å². The van der Waals surface area contributed by atoms with Gasteiger partial charge >= 0.3 is 6.18 Å². The second-order valence-electron chi connectivity index (χ2n) is 5.03. The quantitative estimate of drug-likeness (QED) is 0.745. The molecule has 2 N–H and O–H groups in total. The number of hydrogen-bond acceptors (Lipinski definition) is 3. The largest absolute Gasteiger partial charge is 0.416 e. The van der Waals surface area contributed by atoms with Gasteiger partial charge < -0.3 is 5.32 Å². The molecule has 0 fully saturated rings. The van der Waals surface area contributed by atoms with Crippen molar-refractivity contribution in [2.24, 2.45) is 0 Å². The molecule has 7 heteroatoms. The van der Waals surface area contributed by atoms with Crippen molar-refractivity contribution in [3.63, 3.8) is 0 Å². The predicted octanol–water partition coefficient (Wildman–Crippen LogP) is 4.54. The van der Waals surface area contributed by atoms with Crippen LogP contribution in [0.1, 0.15) is 11.1 Å². The van der Waals surface area contributed by atoms with E-state index in [1.807, 2.05) is 30.3 Å². The fourth-order valence-electron chi connectivity index (χ4n) is 2.18.